The third-order valence-electron chi connectivity index (χ3n) is 3.81. The molecule has 4 heteroatoms. The first-order valence-electron chi connectivity index (χ1n) is 6.82. The lowest BCUT2D eigenvalue weighted by Gasteiger charge is -2.17. The van der Waals surface area contributed by atoms with Crippen molar-refractivity contribution >= 4 is 22.1 Å². The van der Waals surface area contributed by atoms with Gasteiger partial charge in [0.25, 0.3) is 0 Å². The predicted octanol–water partition coefficient (Wildman–Crippen LogP) is 2.32. The van der Waals surface area contributed by atoms with Crippen molar-refractivity contribution in [2.24, 2.45) is 0 Å². The molecule has 1 aliphatic rings. The largest absolute Gasteiger partial charge is 0.397 e. The van der Waals surface area contributed by atoms with E-state index in [4.69, 9.17) is 5.73 Å². The SMILES string of the molecule is CN(CCNc1ccc2cnccc2c1N)C1CC1. The molecule has 0 unspecified atom stereocenters. The normalized spacial score (nSPS) is 15.1. The molecular weight excluding hydrogens is 236 g/mol. The Bertz CT molecular complexity index is 577. The van der Waals surface area contributed by atoms with Gasteiger partial charge in [-0.3, -0.25) is 4.98 Å². The van der Waals surface area contributed by atoms with Gasteiger partial charge in [0.2, 0.25) is 0 Å². The minimum Gasteiger partial charge on any atom is -0.397 e. The van der Waals surface area contributed by atoms with Crippen LogP contribution >= 0.6 is 0 Å². The number of hydrogen-bond donors (Lipinski definition) is 2. The van der Waals surface area contributed by atoms with Crippen LogP contribution in [0, 0.1) is 0 Å². The quantitative estimate of drug-likeness (QED) is 0.806. The highest BCUT2D eigenvalue weighted by molar-refractivity contribution is 5.98. The number of benzene rings is 1. The van der Waals surface area contributed by atoms with Crippen LogP contribution in [0.15, 0.2) is 30.6 Å². The maximum atomic E-state index is 6.20. The molecule has 19 heavy (non-hydrogen) atoms. The molecule has 0 spiro atoms. The number of nitrogens with zero attached hydrogens (tertiary/aromatic N) is 2. The molecule has 2 aromatic rings. The van der Waals surface area contributed by atoms with Gasteiger partial charge in [0, 0.05) is 42.3 Å². The summed E-state index contributed by atoms with van der Waals surface area (Å²) in [4.78, 5) is 6.52. The number of nitrogens with two attached hydrogens (primary N) is 1. The average molecular weight is 256 g/mol. The number of pyridine rings is 1. The van der Waals surface area contributed by atoms with Gasteiger partial charge in [0.15, 0.2) is 0 Å². The summed E-state index contributed by atoms with van der Waals surface area (Å²) in [6.45, 7) is 1.98. The number of anilines is 2. The van der Waals surface area contributed by atoms with Crippen LogP contribution in [0.3, 0.4) is 0 Å². The number of rotatable bonds is 5. The summed E-state index contributed by atoms with van der Waals surface area (Å²) in [6.07, 6.45) is 6.32. The predicted molar refractivity (Wildman–Crippen MR) is 80.3 cm³/mol. The summed E-state index contributed by atoms with van der Waals surface area (Å²) in [5.74, 6) is 0. The standard InChI is InChI=1S/C15H20N4/c1-19(12-3-4-12)9-8-18-14-5-2-11-10-17-7-6-13(11)15(14)16/h2,5-7,10,12,18H,3-4,8-9,16H2,1H3. The van der Waals surface area contributed by atoms with Gasteiger partial charge in [-0.15, -0.1) is 0 Å². The number of nitrogen functional groups attached to an aromatic ring is 1. The van der Waals surface area contributed by atoms with Gasteiger partial charge in [-0.05, 0) is 32.0 Å². The van der Waals surface area contributed by atoms with Crippen LogP contribution in [0.2, 0.25) is 0 Å². The van der Waals surface area contributed by atoms with E-state index in [9.17, 15) is 0 Å². The lowest BCUT2D eigenvalue weighted by Crippen LogP contribution is -2.27. The highest BCUT2D eigenvalue weighted by Gasteiger charge is 2.25. The number of nitrogens with one attached hydrogen (secondary N) is 1. The van der Waals surface area contributed by atoms with Crippen LogP contribution in [-0.4, -0.2) is 36.1 Å². The number of fused-ring (bicyclic) bond motifs is 1. The Kier molecular flexibility index (Phi) is 3.25. The zero-order chi connectivity index (χ0) is 13.2. The van der Waals surface area contributed by atoms with E-state index in [1.807, 2.05) is 18.3 Å². The van der Waals surface area contributed by atoms with Crippen molar-refractivity contribution in [3.05, 3.63) is 30.6 Å². The molecule has 0 amide bonds. The summed E-state index contributed by atoms with van der Waals surface area (Å²) in [6, 6.07) is 6.87. The van der Waals surface area contributed by atoms with Crippen molar-refractivity contribution < 1.29 is 0 Å². The number of hydrogen-bond acceptors (Lipinski definition) is 4. The molecule has 1 aromatic carbocycles. The van der Waals surface area contributed by atoms with E-state index in [-0.39, 0.29) is 0 Å². The first-order chi connectivity index (χ1) is 9.25. The average Bonchev–Trinajstić information content (AvgIpc) is 3.26. The second-order valence-corrected chi connectivity index (χ2v) is 5.26. The van der Waals surface area contributed by atoms with Crippen molar-refractivity contribution in [3.63, 3.8) is 0 Å². The van der Waals surface area contributed by atoms with Gasteiger partial charge in [-0.2, -0.15) is 0 Å². The first-order valence-corrected chi connectivity index (χ1v) is 6.82. The molecule has 4 nitrogen and oxygen atoms in total. The lowest BCUT2D eigenvalue weighted by atomic mass is 10.1. The van der Waals surface area contributed by atoms with E-state index in [2.05, 4.69) is 28.3 Å². The molecule has 0 atom stereocenters. The fraction of sp³-hybridized carbons (Fsp3) is 0.400. The third kappa shape index (κ3) is 2.63. The zero-order valence-corrected chi connectivity index (χ0v) is 11.3. The molecular formula is C15H20N4. The maximum Gasteiger partial charge on any atom is 0.0630 e. The Morgan fingerprint density at radius 2 is 2.21 bits per heavy atom. The van der Waals surface area contributed by atoms with Crippen molar-refractivity contribution in [2.75, 3.05) is 31.2 Å². The molecule has 1 aromatic heterocycles. The van der Waals surface area contributed by atoms with Crippen LogP contribution in [-0.2, 0) is 0 Å². The van der Waals surface area contributed by atoms with Gasteiger partial charge in [-0.25, -0.2) is 0 Å². The lowest BCUT2D eigenvalue weighted by molar-refractivity contribution is 0.337. The topological polar surface area (TPSA) is 54.2 Å². The summed E-state index contributed by atoms with van der Waals surface area (Å²) >= 11 is 0. The second-order valence-electron chi connectivity index (χ2n) is 5.26. The number of likely N-dealkylation sites (N-methyl/N-ethyl adjacent to an activating group) is 1. The van der Waals surface area contributed by atoms with E-state index in [0.29, 0.717) is 0 Å². The molecule has 1 saturated carbocycles. The Morgan fingerprint density at radius 3 is 3.00 bits per heavy atom. The van der Waals surface area contributed by atoms with Gasteiger partial charge >= 0.3 is 0 Å². The van der Waals surface area contributed by atoms with Gasteiger partial charge in [-0.1, -0.05) is 6.07 Å². The maximum absolute atomic E-state index is 6.20. The van der Waals surface area contributed by atoms with Gasteiger partial charge in [0.1, 0.15) is 0 Å². The molecule has 0 radical (unpaired) electrons. The van der Waals surface area contributed by atoms with Gasteiger partial charge in [0.05, 0.1) is 11.4 Å². The second kappa shape index (κ2) is 5.05. The van der Waals surface area contributed by atoms with Gasteiger partial charge < -0.3 is 16.0 Å². The smallest absolute Gasteiger partial charge is 0.0630 e. The van der Waals surface area contributed by atoms with E-state index < -0.39 is 0 Å². The summed E-state index contributed by atoms with van der Waals surface area (Å²) in [5.41, 5.74) is 8.03. The fourth-order valence-corrected chi connectivity index (χ4v) is 2.41. The molecule has 100 valence electrons. The Hall–Kier alpha value is -1.81. The fourth-order valence-electron chi connectivity index (χ4n) is 2.41. The number of aromatic nitrogens is 1. The Balaban J connectivity index is 1.68. The molecule has 0 bridgehead atoms. The molecule has 1 aliphatic carbocycles. The van der Waals surface area contributed by atoms with Crippen molar-refractivity contribution in [2.45, 2.75) is 18.9 Å². The van der Waals surface area contributed by atoms with E-state index in [1.165, 1.54) is 12.8 Å². The van der Waals surface area contributed by atoms with E-state index >= 15 is 0 Å². The highest BCUT2D eigenvalue weighted by Crippen LogP contribution is 2.28. The van der Waals surface area contributed by atoms with Crippen molar-refractivity contribution in [3.8, 4) is 0 Å². The monoisotopic (exact) mass is 256 g/mol. The van der Waals surface area contributed by atoms with E-state index in [0.717, 1.165) is 41.3 Å². The molecule has 1 heterocycles. The minimum absolute atomic E-state index is 0.807. The first kappa shape index (κ1) is 12.2. The van der Waals surface area contributed by atoms with Crippen molar-refractivity contribution in [1.29, 1.82) is 0 Å². The molecule has 0 aliphatic heterocycles. The third-order valence-corrected chi connectivity index (χ3v) is 3.81. The minimum atomic E-state index is 0.807. The summed E-state index contributed by atoms with van der Waals surface area (Å²) in [7, 11) is 2.19. The summed E-state index contributed by atoms with van der Waals surface area (Å²) in [5, 5.41) is 5.58. The Morgan fingerprint density at radius 1 is 1.37 bits per heavy atom. The van der Waals surface area contributed by atoms with Crippen LogP contribution in [0.25, 0.3) is 10.8 Å². The molecule has 0 saturated heterocycles. The van der Waals surface area contributed by atoms with Crippen LogP contribution in [0.5, 0.6) is 0 Å². The van der Waals surface area contributed by atoms with Crippen LogP contribution < -0.4 is 11.1 Å². The van der Waals surface area contributed by atoms with Crippen LogP contribution in [0.4, 0.5) is 11.4 Å². The molecule has 3 rings (SSSR count). The highest BCUT2D eigenvalue weighted by atomic mass is 15.2. The van der Waals surface area contributed by atoms with E-state index in [1.54, 1.807) is 6.20 Å². The Labute approximate surface area is 113 Å². The zero-order valence-electron chi connectivity index (χ0n) is 11.3. The molecule has 3 N–H and O–H groups in total. The molecule has 1 fully saturated rings. The summed E-state index contributed by atoms with van der Waals surface area (Å²) < 4.78 is 0. The van der Waals surface area contributed by atoms with Crippen molar-refractivity contribution in [1.82, 2.24) is 9.88 Å². The van der Waals surface area contributed by atoms with Crippen LogP contribution in [0.1, 0.15) is 12.8 Å².